The maximum atomic E-state index is 12.9. The van der Waals surface area contributed by atoms with Gasteiger partial charge in [-0.25, -0.2) is 0 Å². The van der Waals surface area contributed by atoms with Gasteiger partial charge in [0.05, 0.1) is 26.3 Å². The van der Waals surface area contributed by atoms with Crippen LogP contribution in [0, 0.1) is 0 Å². The van der Waals surface area contributed by atoms with Gasteiger partial charge in [-0.3, -0.25) is 9.59 Å². The lowest BCUT2D eigenvalue weighted by molar-refractivity contribution is -0.137. The van der Waals surface area contributed by atoms with Crippen LogP contribution >= 0.6 is 0 Å². The first-order chi connectivity index (χ1) is 16.2. The van der Waals surface area contributed by atoms with Gasteiger partial charge in [-0.05, 0) is 48.5 Å². The van der Waals surface area contributed by atoms with Gasteiger partial charge in [0.15, 0.2) is 11.5 Å². The molecule has 0 atom stereocenters. The Kier molecular flexibility index (Phi) is 7.62. The lowest BCUT2D eigenvalue weighted by atomic mass is 10.1. The third-order valence-corrected chi connectivity index (χ3v) is 4.69. The Bertz CT molecular complexity index is 1180. The molecule has 7 nitrogen and oxygen atoms in total. The number of alkyl halides is 3. The molecule has 0 fully saturated rings. The molecule has 0 bridgehead atoms. The van der Waals surface area contributed by atoms with Crippen molar-refractivity contribution >= 4 is 28.9 Å². The fourth-order valence-electron chi connectivity index (χ4n) is 3.05. The Morgan fingerprint density at radius 1 is 0.794 bits per heavy atom. The van der Waals surface area contributed by atoms with Crippen molar-refractivity contribution in [2.75, 3.05) is 36.7 Å². The predicted molar refractivity (Wildman–Crippen MR) is 123 cm³/mol. The topological polar surface area (TPSA) is 88.7 Å². The maximum Gasteiger partial charge on any atom is 0.416 e. The van der Waals surface area contributed by atoms with Crippen LogP contribution < -0.4 is 25.4 Å². The van der Waals surface area contributed by atoms with Gasteiger partial charge in [0.2, 0.25) is 5.91 Å². The van der Waals surface area contributed by atoms with E-state index in [1.807, 2.05) is 0 Å². The Hall–Kier alpha value is -4.21. The summed E-state index contributed by atoms with van der Waals surface area (Å²) in [6.45, 7) is -0.0902. The summed E-state index contributed by atoms with van der Waals surface area (Å²) in [4.78, 5) is 24.8. The first kappa shape index (κ1) is 24.4. The van der Waals surface area contributed by atoms with E-state index in [2.05, 4.69) is 16.0 Å². The molecule has 10 heteroatoms. The van der Waals surface area contributed by atoms with E-state index in [4.69, 9.17) is 9.47 Å². The SMILES string of the molecule is COc1ccc(NC(=O)CNc2cccc(C(=O)Nc3cccc(C(F)(F)F)c3)c2)cc1OC. The van der Waals surface area contributed by atoms with Crippen molar-refractivity contribution < 1.29 is 32.2 Å². The molecule has 0 spiro atoms. The van der Waals surface area contributed by atoms with E-state index in [-0.39, 0.29) is 23.7 Å². The molecule has 3 rings (SSSR count). The second-order valence-corrected chi connectivity index (χ2v) is 7.08. The summed E-state index contributed by atoms with van der Waals surface area (Å²) in [5.41, 5.74) is 0.370. The number of carbonyl (C=O) groups is 2. The zero-order chi connectivity index (χ0) is 24.7. The molecule has 3 aromatic rings. The Labute approximate surface area is 193 Å². The number of nitrogens with one attached hydrogen (secondary N) is 3. The summed E-state index contributed by atoms with van der Waals surface area (Å²) in [5, 5.41) is 8.07. The number of anilines is 3. The lowest BCUT2D eigenvalue weighted by Gasteiger charge is -2.12. The fourth-order valence-corrected chi connectivity index (χ4v) is 3.05. The van der Waals surface area contributed by atoms with E-state index < -0.39 is 17.6 Å². The number of benzene rings is 3. The number of halogens is 3. The van der Waals surface area contributed by atoms with Gasteiger partial charge in [-0.15, -0.1) is 0 Å². The molecule has 0 aliphatic rings. The molecule has 2 amide bonds. The zero-order valence-electron chi connectivity index (χ0n) is 18.3. The third-order valence-electron chi connectivity index (χ3n) is 4.69. The second-order valence-electron chi connectivity index (χ2n) is 7.08. The van der Waals surface area contributed by atoms with Crippen LogP contribution in [0.15, 0.2) is 66.7 Å². The predicted octanol–water partition coefficient (Wildman–Crippen LogP) is 5.03. The van der Waals surface area contributed by atoms with Crippen molar-refractivity contribution in [2.45, 2.75) is 6.18 Å². The lowest BCUT2D eigenvalue weighted by Crippen LogP contribution is -2.22. The van der Waals surface area contributed by atoms with Crippen LogP contribution in [0.4, 0.5) is 30.2 Å². The van der Waals surface area contributed by atoms with Crippen LogP contribution in [0.3, 0.4) is 0 Å². The van der Waals surface area contributed by atoms with E-state index in [0.717, 1.165) is 12.1 Å². The third kappa shape index (κ3) is 6.41. The monoisotopic (exact) mass is 473 g/mol. The Morgan fingerprint density at radius 3 is 2.18 bits per heavy atom. The summed E-state index contributed by atoms with van der Waals surface area (Å²) in [5.74, 6) is 0.0652. The van der Waals surface area contributed by atoms with Gasteiger partial charge >= 0.3 is 6.18 Å². The highest BCUT2D eigenvalue weighted by molar-refractivity contribution is 6.05. The van der Waals surface area contributed by atoms with Crippen LogP contribution in [-0.4, -0.2) is 32.6 Å². The zero-order valence-corrected chi connectivity index (χ0v) is 18.3. The van der Waals surface area contributed by atoms with Crippen molar-refractivity contribution in [1.82, 2.24) is 0 Å². The van der Waals surface area contributed by atoms with Crippen LogP contribution in [0.25, 0.3) is 0 Å². The molecule has 34 heavy (non-hydrogen) atoms. The van der Waals surface area contributed by atoms with Gasteiger partial charge in [-0.1, -0.05) is 12.1 Å². The number of methoxy groups -OCH3 is 2. The largest absolute Gasteiger partial charge is 0.493 e. The van der Waals surface area contributed by atoms with Crippen LogP contribution in [0.2, 0.25) is 0 Å². The van der Waals surface area contributed by atoms with E-state index in [0.29, 0.717) is 22.9 Å². The molecule has 0 saturated carbocycles. The molecule has 0 saturated heterocycles. The average Bonchev–Trinajstić information content (AvgIpc) is 2.82. The van der Waals surface area contributed by atoms with Crippen molar-refractivity contribution in [3.63, 3.8) is 0 Å². The highest BCUT2D eigenvalue weighted by Crippen LogP contribution is 2.31. The number of rotatable bonds is 8. The molecule has 0 heterocycles. The number of carbonyl (C=O) groups excluding carboxylic acids is 2. The van der Waals surface area contributed by atoms with E-state index in [1.165, 1.54) is 38.5 Å². The molecular formula is C24H22F3N3O4. The molecule has 3 N–H and O–H groups in total. The number of ether oxygens (including phenoxy) is 2. The quantitative estimate of drug-likeness (QED) is 0.427. The van der Waals surface area contributed by atoms with Crippen LogP contribution in [-0.2, 0) is 11.0 Å². The molecule has 0 aliphatic carbocycles. The highest BCUT2D eigenvalue weighted by atomic mass is 19.4. The maximum absolute atomic E-state index is 12.9. The van der Waals surface area contributed by atoms with Gasteiger partial charge in [0, 0.05) is 28.7 Å². The van der Waals surface area contributed by atoms with Crippen molar-refractivity contribution in [3.8, 4) is 11.5 Å². The Balaban J connectivity index is 1.60. The number of hydrogen-bond donors (Lipinski definition) is 3. The minimum absolute atomic E-state index is 0.0208. The van der Waals surface area contributed by atoms with Gasteiger partial charge in [-0.2, -0.15) is 13.2 Å². The molecule has 3 aromatic carbocycles. The van der Waals surface area contributed by atoms with Crippen molar-refractivity contribution in [1.29, 1.82) is 0 Å². The first-order valence-electron chi connectivity index (χ1n) is 10.0. The summed E-state index contributed by atoms with van der Waals surface area (Å²) < 4.78 is 49.0. The Morgan fingerprint density at radius 2 is 1.47 bits per heavy atom. The van der Waals surface area contributed by atoms with Crippen LogP contribution in [0.1, 0.15) is 15.9 Å². The summed E-state index contributed by atoms with van der Waals surface area (Å²) in [6.07, 6.45) is -4.51. The molecular weight excluding hydrogens is 451 g/mol. The second kappa shape index (κ2) is 10.6. The fraction of sp³-hybridized carbons (Fsp3) is 0.167. The summed E-state index contributed by atoms with van der Waals surface area (Å²) in [6, 6.07) is 15.6. The minimum Gasteiger partial charge on any atom is -0.493 e. The van der Waals surface area contributed by atoms with Crippen molar-refractivity contribution in [2.24, 2.45) is 0 Å². The highest BCUT2D eigenvalue weighted by Gasteiger charge is 2.30. The van der Waals surface area contributed by atoms with Gasteiger partial charge < -0.3 is 25.4 Å². The first-order valence-corrected chi connectivity index (χ1v) is 10.0. The molecule has 0 radical (unpaired) electrons. The summed E-state index contributed by atoms with van der Waals surface area (Å²) >= 11 is 0. The number of hydrogen-bond acceptors (Lipinski definition) is 5. The molecule has 178 valence electrons. The van der Waals surface area contributed by atoms with E-state index in [9.17, 15) is 22.8 Å². The average molecular weight is 473 g/mol. The minimum atomic E-state index is -4.51. The normalized spacial score (nSPS) is 10.9. The number of amides is 2. The smallest absolute Gasteiger partial charge is 0.416 e. The van der Waals surface area contributed by atoms with E-state index >= 15 is 0 Å². The molecule has 0 unspecified atom stereocenters. The molecule has 0 aromatic heterocycles. The molecule has 0 aliphatic heterocycles. The van der Waals surface area contributed by atoms with Crippen LogP contribution in [0.5, 0.6) is 11.5 Å². The van der Waals surface area contributed by atoms with Gasteiger partial charge in [0.25, 0.3) is 5.91 Å². The summed E-state index contributed by atoms with van der Waals surface area (Å²) in [7, 11) is 3.00. The standard InChI is InChI=1S/C24H22F3N3O4/c1-33-20-10-9-19(13-21(20)34-2)29-22(31)14-28-17-7-3-5-15(11-17)23(32)30-18-8-4-6-16(12-18)24(25,26)27/h3-13,28H,14H2,1-2H3,(H,29,31)(H,30,32). The van der Waals surface area contributed by atoms with E-state index in [1.54, 1.807) is 30.3 Å². The van der Waals surface area contributed by atoms with Crippen molar-refractivity contribution in [3.05, 3.63) is 77.9 Å². The van der Waals surface area contributed by atoms with Gasteiger partial charge in [0.1, 0.15) is 0 Å².